The van der Waals surface area contributed by atoms with E-state index >= 15 is 0 Å². The summed E-state index contributed by atoms with van der Waals surface area (Å²) in [5.41, 5.74) is 0.856. The zero-order chi connectivity index (χ0) is 13.7. The lowest BCUT2D eigenvalue weighted by atomic mass is 10.2. The van der Waals surface area contributed by atoms with Crippen LogP contribution in [-0.4, -0.2) is 45.9 Å². The van der Waals surface area contributed by atoms with Gasteiger partial charge in [0.05, 0.1) is 26.2 Å². The molecule has 1 aliphatic heterocycles. The fourth-order valence-corrected chi connectivity index (χ4v) is 2.03. The summed E-state index contributed by atoms with van der Waals surface area (Å²) in [6, 6.07) is 7.43. The van der Waals surface area contributed by atoms with Crippen molar-refractivity contribution in [2.24, 2.45) is 0 Å². The summed E-state index contributed by atoms with van der Waals surface area (Å²) >= 11 is 0. The van der Waals surface area contributed by atoms with Gasteiger partial charge in [0.15, 0.2) is 0 Å². The molecule has 0 spiro atoms. The fourth-order valence-electron chi connectivity index (χ4n) is 2.03. The zero-order valence-electron chi connectivity index (χ0n) is 11.4. The molecular weight excluding hydrogens is 244 g/mol. The van der Waals surface area contributed by atoms with Crippen LogP contribution in [0.4, 0.5) is 5.69 Å². The molecule has 1 aromatic rings. The maximum atomic E-state index is 12.2. The number of nitrogens with zero attached hydrogens (tertiary/aromatic N) is 1. The van der Waals surface area contributed by atoms with Gasteiger partial charge in [0.2, 0.25) is 5.91 Å². The molecule has 5 nitrogen and oxygen atoms in total. The van der Waals surface area contributed by atoms with Gasteiger partial charge >= 0.3 is 0 Å². The van der Waals surface area contributed by atoms with Crippen molar-refractivity contribution in [2.75, 3.05) is 38.8 Å². The number of anilines is 1. The van der Waals surface area contributed by atoms with E-state index in [1.54, 1.807) is 19.1 Å². The van der Waals surface area contributed by atoms with Gasteiger partial charge in [-0.15, -0.1) is 0 Å². The Morgan fingerprint density at radius 3 is 2.79 bits per heavy atom. The minimum atomic E-state index is -0.0260. The second kappa shape index (κ2) is 6.54. The zero-order valence-corrected chi connectivity index (χ0v) is 11.4. The van der Waals surface area contributed by atoms with Gasteiger partial charge < -0.3 is 19.7 Å². The lowest BCUT2D eigenvalue weighted by Gasteiger charge is -2.25. The van der Waals surface area contributed by atoms with Gasteiger partial charge in [0.25, 0.3) is 0 Å². The van der Waals surface area contributed by atoms with Crippen molar-refractivity contribution >= 4 is 11.6 Å². The molecule has 19 heavy (non-hydrogen) atoms. The average Bonchev–Trinajstić information content (AvgIpc) is 2.47. The van der Waals surface area contributed by atoms with Gasteiger partial charge in [0.1, 0.15) is 5.75 Å². The van der Waals surface area contributed by atoms with Crippen LogP contribution in [0.1, 0.15) is 6.42 Å². The molecule has 1 N–H and O–H groups in total. The Kier molecular flexibility index (Phi) is 4.76. The summed E-state index contributed by atoms with van der Waals surface area (Å²) in [7, 11) is 3.40. The molecule has 1 unspecified atom stereocenters. The highest BCUT2D eigenvalue weighted by molar-refractivity contribution is 5.93. The first-order chi connectivity index (χ1) is 9.20. The number of morpholine rings is 1. The Labute approximate surface area is 113 Å². The maximum Gasteiger partial charge on any atom is 0.229 e. The number of methoxy groups -OCH3 is 1. The minimum Gasteiger partial charge on any atom is -0.497 e. The van der Waals surface area contributed by atoms with Crippen LogP contribution in [-0.2, 0) is 9.53 Å². The SMILES string of the molecule is COc1ccc(N(C)C(=O)CC2CNCCO2)cc1. The molecule has 0 bridgehead atoms. The molecule has 1 aromatic carbocycles. The Morgan fingerprint density at radius 1 is 1.47 bits per heavy atom. The van der Waals surface area contributed by atoms with E-state index in [9.17, 15) is 4.79 Å². The van der Waals surface area contributed by atoms with Crippen LogP contribution < -0.4 is 15.0 Å². The molecule has 0 aromatic heterocycles. The molecule has 0 radical (unpaired) electrons. The third-order valence-corrected chi connectivity index (χ3v) is 3.24. The Morgan fingerprint density at radius 2 is 2.21 bits per heavy atom. The van der Waals surface area contributed by atoms with Crippen molar-refractivity contribution in [1.82, 2.24) is 5.32 Å². The summed E-state index contributed by atoms with van der Waals surface area (Å²) in [5, 5.41) is 3.22. The minimum absolute atomic E-state index is 0.0260. The quantitative estimate of drug-likeness (QED) is 0.882. The maximum absolute atomic E-state index is 12.2. The number of rotatable bonds is 4. The third kappa shape index (κ3) is 3.68. The third-order valence-electron chi connectivity index (χ3n) is 3.24. The summed E-state index contributed by atoms with van der Waals surface area (Å²) in [6.45, 7) is 2.27. The van der Waals surface area contributed by atoms with Crippen LogP contribution in [0.3, 0.4) is 0 Å². The molecule has 1 aliphatic rings. The molecule has 1 amide bonds. The first kappa shape index (κ1) is 13.8. The first-order valence-corrected chi connectivity index (χ1v) is 6.43. The van der Waals surface area contributed by atoms with Gasteiger partial charge in [-0.25, -0.2) is 0 Å². The van der Waals surface area contributed by atoms with E-state index in [4.69, 9.17) is 9.47 Å². The molecule has 1 fully saturated rings. The lowest BCUT2D eigenvalue weighted by Crippen LogP contribution is -2.41. The van der Waals surface area contributed by atoms with E-state index < -0.39 is 0 Å². The van der Waals surface area contributed by atoms with E-state index in [1.807, 2.05) is 24.3 Å². The van der Waals surface area contributed by atoms with Crippen LogP contribution in [0.2, 0.25) is 0 Å². The predicted octanol–water partition coefficient (Wildman–Crippen LogP) is 1.04. The number of hydrogen-bond acceptors (Lipinski definition) is 4. The Bertz CT molecular complexity index is 413. The molecule has 0 aliphatic carbocycles. The van der Waals surface area contributed by atoms with Gasteiger partial charge in [-0.2, -0.15) is 0 Å². The number of benzene rings is 1. The van der Waals surface area contributed by atoms with Gasteiger partial charge in [-0.3, -0.25) is 4.79 Å². The van der Waals surface area contributed by atoms with Crippen molar-refractivity contribution in [2.45, 2.75) is 12.5 Å². The molecule has 1 heterocycles. The summed E-state index contributed by atoms with van der Waals surface area (Å²) in [6.07, 6.45) is 0.372. The monoisotopic (exact) mass is 264 g/mol. The molecule has 1 atom stereocenters. The van der Waals surface area contributed by atoms with E-state index in [0.717, 1.165) is 24.5 Å². The molecule has 5 heteroatoms. The van der Waals surface area contributed by atoms with Crippen molar-refractivity contribution in [1.29, 1.82) is 0 Å². The average molecular weight is 264 g/mol. The van der Waals surface area contributed by atoms with Crippen molar-refractivity contribution in [3.05, 3.63) is 24.3 Å². The molecule has 0 saturated carbocycles. The number of ether oxygens (including phenoxy) is 2. The molecule has 1 saturated heterocycles. The lowest BCUT2D eigenvalue weighted by molar-refractivity contribution is -0.121. The Balaban J connectivity index is 1.93. The summed E-state index contributed by atoms with van der Waals surface area (Å²) in [4.78, 5) is 13.8. The highest BCUT2D eigenvalue weighted by atomic mass is 16.5. The van der Waals surface area contributed by atoms with E-state index in [-0.39, 0.29) is 12.0 Å². The van der Waals surface area contributed by atoms with Gasteiger partial charge in [-0.1, -0.05) is 0 Å². The van der Waals surface area contributed by atoms with Gasteiger partial charge in [0, 0.05) is 25.8 Å². The largest absolute Gasteiger partial charge is 0.497 e. The van der Waals surface area contributed by atoms with Crippen LogP contribution in [0.15, 0.2) is 24.3 Å². The van der Waals surface area contributed by atoms with Crippen LogP contribution in [0.5, 0.6) is 5.75 Å². The first-order valence-electron chi connectivity index (χ1n) is 6.43. The topological polar surface area (TPSA) is 50.8 Å². The van der Waals surface area contributed by atoms with Crippen molar-refractivity contribution < 1.29 is 14.3 Å². The summed E-state index contributed by atoms with van der Waals surface area (Å²) < 4.78 is 10.6. The van der Waals surface area contributed by atoms with Crippen molar-refractivity contribution in [3.8, 4) is 5.75 Å². The van der Waals surface area contributed by atoms with Crippen LogP contribution in [0, 0.1) is 0 Å². The number of hydrogen-bond donors (Lipinski definition) is 1. The van der Waals surface area contributed by atoms with Crippen LogP contribution >= 0.6 is 0 Å². The second-order valence-electron chi connectivity index (χ2n) is 4.55. The fraction of sp³-hybridized carbons (Fsp3) is 0.500. The number of carbonyl (C=O) groups excluding carboxylic acids is 1. The number of amides is 1. The van der Waals surface area contributed by atoms with Crippen molar-refractivity contribution in [3.63, 3.8) is 0 Å². The molecular formula is C14H20N2O3. The summed E-state index contributed by atoms with van der Waals surface area (Å²) in [5.74, 6) is 0.836. The number of carbonyl (C=O) groups is 1. The van der Waals surface area contributed by atoms with E-state index in [2.05, 4.69) is 5.32 Å². The highest BCUT2D eigenvalue weighted by Crippen LogP contribution is 2.19. The van der Waals surface area contributed by atoms with E-state index in [0.29, 0.717) is 13.0 Å². The van der Waals surface area contributed by atoms with Gasteiger partial charge in [-0.05, 0) is 24.3 Å². The van der Waals surface area contributed by atoms with E-state index in [1.165, 1.54) is 0 Å². The molecule has 2 rings (SSSR count). The van der Waals surface area contributed by atoms with Crippen LogP contribution in [0.25, 0.3) is 0 Å². The standard InChI is InChI=1S/C14H20N2O3/c1-16(11-3-5-12(18-2)6-4-11)14(17)9-13-10-15-7-8-19-13/h3-6,13,15H,7-10H2,1-2H3. The normalized spacial score (nSPS) is 18.9. The highest BCUT2D eigenvalue weighted by Gasteiger charge is 2.20. The smallest absolute Gasteiger partial charge is 0.229 e. The predicted molar refractivity (Wildman–Crippen MR) is 73.6 cm³/mol. The molecule has 104 valence electrons. The second-order valence-corrected chi connectivity index (χ2v) is 4.55. The number of nitrogens with one attached hydrogen (secondary N) is 1. The Hall–Kier alpha value is -1.59.